The number of rotatable bonds is 2. The Hall–Kier alpha value is 0.310. The van der Waals surface area contributed by atoms with Gasteiger partial charge in [0.1, 0.15) is 0 Å². The van der Waals surface area contributed by atoms with Crippen molar-refractivity contribution in [1.82, 2.24) is 4.98 Å². The SMILES string of the molecule is Ic1ccc(Cc2cscn2)c(I)c1. The van der Waals surface area contributed by atoms with E-state index in [0.717, 1.165) is 12.1 Å². The fourth-order valence-electron chi connectivity index (χ4n) is 1.19. The molecule has 0 spiro atoms. The molecule has 0 atom stereocenters. The van der Waals surface area contributed by atoms with E-state index in [1.54, 1.807) is 11.3 Å². The summed E-state index contributed by atoms with van der Waals surface area (Å²) in [6, 6.07) is 6.52. The summed E-state index contributed by atoms with van der Waals surface area (Å²) in [5, 5.41) is 2.11. The van der Waals surface area contributed by atoms with Gasteiger partial charge in [-0.3, -0.25) is 0 Å². The zero-order valence-corrected chi connectivity index (χ0v) is 12.3. The smallest absolute Gasteiger partial charge is 0.0794 e. The highest BCUT2D eigenvalue weighted by Crippen LogP contribution is 2.19. The summed E-state index contributed by atoms with van der Waals surface area (Å²) in [6.07, 6.45) is 0.943. The molecule has 1 aromatic heterocycles. The number of aromatic nitrogens is 1. The van der Waals surface area contributed by atoms with Crippen molar-refractivity contribution < 1.29 is 0 Å². The van der Waals surface area contributed by atoms with Gasteiger partial charge in [-0.25, -0.2) is 4.98 Å². The highest BCUT2D eigenvalue weighted by atomic mass is 127. The van der Waals surface area contributed by atoms with Gasteiger partial charge < -0.3 is 0 Å². The minimum Gasteiger partial charge on any atom is -0.249 e. The Morgan fingerprint density at radius 2 is 2.14 bits per heavy atom. The molecular weight excluding hydrogens is 420 g/mol. The first-order chi connectivity index (χ1) is 6.75. The average molecular weight is 427 g/mol. The summed E-state index contributed by atoms with van der Waals surface area (Å²) in [5.41, 5.74) is 4.40. The highest BCUT2D eigenvalue weighted by Gasteiger charge is 2.02. The second kappa shape index (κ2) is 4.89. The lowest BCUT2D eigenvalue weighted by atomic mass is 10.1. The molecule has 2 rings (SSSR count). The molecule has 0 aliphatic carbocycles. The van der Waals surface area contributed by atoms with Gasteiger partial charge >= 0.3 is 0 Å². The largest absolute Gasteiger partial charge is 0.249 e. The van der Waals surface area contributed by atoms with Crippen molar-refractivity contribution in [3.8, 4) is 0 Å². The van der Waals surface area contributed by atoms with E-state index in [1.165, 1.54) is 12.7 Å². The molecule has 0 bridgehead atoms. The molecule has 1 nitrogen and oxygen atoms in total. The Balaban J connectivity index is 2.25. The first-order valence-electron chi connectivity index (χ1n) is 4.06. The lowest BCUT2D eigenvalue weighted by Crippen LogP contribution is -1.92. The second-order valence-corrected chi connectivity index (χ2v) is 6.02. The molecule has 0 aliphatic heterocycles. The zero-order valence-electron chi connectivity index (χ0n) is 7.21. The monoisotopic (exact) mass is 427 g/mol. The van der Waals surface area contributed by atoms with Crippen LogP contribution in [0.25, 0.3) is 0 Å². The van der Waals surface area contributed by atoms with Gasteiger partial charge in [0.2, 0.25) is 0 Å². The van der Waals surface area contributed by atoms with E-state index in [-0.39, 0.29) is 0 Å². The summed E-state index contributed by atoms with van der Waals surface area (Å²) in [6.45, 7) is 0. The number of thiazole rings is 1. The third-order valence-corrected chi connectivity index (χ3v) is 4.18. The van der Waals surface area contributed by atoms with Gasteiger partial charge in [0.05, 0.1) is 11.2 Å². The lowest BCUT2D eigenvalue weighted by molar-refractivity contribution is 1.10. The second-order valence-electron chi connectivity index (χ2n) is 2.89. The van der Waals surface area contributed by atoms with E-state index < -0.39 is 0 Å². The van der Waals surface area contributed by atoms with E-state index in [1.807, 2.05) is 5.51 Å². The predicted molar refractivity (Wildman–Crippen MR) is 76.8 cm³/mol. The molecule has 14 heavy (non-hydrogen) atoms. The van der Waals surface area contributed by atoms with Crippen LogP contribution in [0.5, 0.6) is 0 Å². The van der Waals surface area contributed by atoms with Gasteiger partial charge in [-0.1, -0.05) is 6.07 Å². The van der Waals surface area contributed by atoms with Crippen LogP contribution in [0.15, 0.2) is 29.1 Å². The van der Waals surface area contributed by atoms with Gasteiger partial charge in [-0.2, -0.15) is 0 Å². The molecule has 1 aromatic carbocycles. The van der Waals surface area contributed by atoms with Crippen LogP contribution in [0.4, 0.5) is 0 Å². The van der Waals surface area contributed by atoms with Crippen molar-refractivity contribution >= 4 is 56.5 Å². The normalized spacial score (nSPS) is 10.4. The Bertz CT molecular complexity index is 426. The molecule has 0 amide bonds. The van der Waals surface area contributed by atoms with Crippen LogP contribution in [0.3, 0.4) is 0 Å². The van der Waals surface area contributed by atoms with Gasteiger partial charge in [-0.05, 0) is 62.9 Å². The van der Waals surface area contributed by atoms with Crippen LogP contribution in [0.1, 0.15) is 11.3 Å². The molecule has 0 fully saturated rings. The summed E-state index contributed by atoms with van der Waals surface area (Å²) >= 11 is 6.37. The Kier molecular flexibility index (Phi) is 3.78. The zero-order chi connectivity index (χ0) is 9.97. The molecule has 1 heterocycles. The predicted octanol–water partition coefficient (Wildman–Crippen LogP) is 3.94. The maximum Gasteiger partial charge on any atom is 0.0794 e. The van der Waals surface area contributed by atoms with Crippen molar-refractivity contribution in [2.75, 3.05) is 0 Å². The topological polar surface area (TPSA) is 12.9 Å². The fourth-order valence-corrected chi connectivity index (χ4v) is 3.54. The molecule has 2 aromatic rings. The van der Waals surface area contributed by atoms with Crippen molar-refractivity contribution in [1.29, 1.82) is 0 Å². The van der Waals surface area contributed by atoms with Crippen LogP contribution in [-0.2, 0) is 6.42 Å². The van der Waals surface area contributed by atoms with E-state index in [2.05, 4.69) is 73.7 Å². The highest BCUT2D eigenvalue weighted by molar-refractivity contribution is 14.1. The Labute approximate surface area is 114 Å². The number of halogens is 2. The molecule has 72 valence electrons. The van der Waals surface area contributed by atoms with Gasteiger partial charge in [-0.15, -0.1) is 11.3 Å². The van der Waals surface area contributed by atoms with Crippen molar-refractivity contribution in [3.63, 3.8) is 0 Å². The van der Waals surface area contributed by atoms with Crippen LogP contribution in [-0.4, -0.2) is 4.98 Å². The number of nitrogens with zero attached hydrogens (tertiary/aromatic N) is 1. The molecule has 0 saturated carbocycles. The third-order valence-electron chi connectivity index (χ3n) is 1.87. The first kappa shape index (κ1) is 10.8. The fraction of sp³-hybridized carbons (Fsp3) is 0.100. The van der Waals surface area contributed by atoms with Gasteiger partial charge in [0.15, 0.2) is 0 Å². The molecule has 0 saturated heterocycles. The standard InChI is InChI=1S/C10H7I2NS/c11-8-2-1-7(10(12)4-8)3-9-5-14-6-13-9/h1-2,4-6H,3H2. The number of hydrogen-bond donors (Lipinski definition) is 0. The van der Waals surface area contributed by atoms with Gasteiger partial charge in [0.25, 0.3) is 0 Å². The van der Waals surface area contributed by atoms with E-state index in [4.69, 9.17) is 0 Å². The maximum absolute atomic E-state index is 4.29. The van der Waals surface area contributed by atoms with E-state index in [0.29, 0.717) is 0 Å². The maximum atomic E-state index is 4.29. The summed E-state index contributed by atoms with van der Waals surface area (Å²) in [5.74, 6) is 0. The van der Waals surface area contributed by atoms with Crippen LogP contribution in [0.2, 0.25) is 0 Å². The molecule has 4 heteroatoms. The molecule has 0 aliphatic rings. The third kappa shape index (κ3) is 2.66. The molecule has 0 radical (unpaired) electrons. The summed E-state index contributed by atoms with van der Waals surface area (Å²) in [4.78, 5) is 4.29. The average Bonchev–Trinajstić information content (AvgIpc) is 2.62. The lowest BCUT2D eigenvalue weighted by Gasteiger charge is -2.02. The van der Waals surface area contributed by atoms with Crippen molar-refractivity contribution in [2.24, 2.45) is 0 Å². The van der Waals surface area contributed by atoms with Crippen LogP contribution < -0.4 is 0 Å². The van der Waals surface area contributed by atoms with Crippen molar-refractivity contribution in [2.45, 2.75) is 6.42 Å². The van der Waals surface area contributed by atoms with Crippen LogP contribution >= 0.6 is 56.5 Å². The molecule has 0 unspecified atom stereocenters. The first-order valence-corrected chi connectivity index (χ1v) is 7.17. The Morgan fingerprint density at radius 1 is 1.29 bits per heavy atom. The number of benzene rings is 1. The minimum atomic E-state index is 0.943. The molecular formula is C10H7I2NS. The van der Waals surface area contributed by atoms with Gasteiger partial charge in [0, 0.05) is 18.9 Å². The summed E-state index contributed by atoms with van der Waals surface area (Å²) in [7, 11) is 0. The Morgan fingerprint density at radius 3 is 2.79 bits per heavy atom. The number of hydrogen-bond acceptors (Lipinski definition) is 2. The quantitative estimate of drug-likeness (QED) is 0.663. The van der Waals surface area contributed by atoms with Crippen molar-refractivity contribution in [3.05, 3.63) is 47.5 Å². The minimum absolute atomic E-state index is 0.943. The van der Waals surface area contributed by atoms with E-state index >= 15 is 0 Å². The van der Waals surface area contributed by atoms with Crippen LogP contribution in [0, 0.1) is 7.14 Å². The summed E-state index contributed by atoms with van der Waals surface area (Å²) < 4.78 is 2.61. The van der Waals surface area contributed by atoms with E-state index in [9.17, 15) is 0 Å². The molecule has 0 N–H and O–H groups in total.